The minimum Gasteiger partial charge on any atom is -0.497 e. The van der Waals surface area contributed by atoms with Gasteiger partial charge in [0.15, 0.2) is 17.4 Å². The minimum absolute atomic E-state index is 0. The number of amides is 1. The van der Waals surface area contributed by atoms with Gasteiger partial charge in [-0.05, 0) is 36.2 Å². The average Bonchev–Trinajstić information content (AvgIpc) is 3.18. The maximum Gasteiger partial charge on any atom is 0.241 e. The van der Waals surface area contributed by atoms with E-state index in [0.29, 0.717) is 19.0 Å². The SMILES string of the molecule is COc1ccc(CCNC(=NCc2nnc3ccccn23)NCC(=O)N(C)C)cc1.I. The number of carbonyl (C=O) groups is 1. The number of fused-ring (bicyclic) bond motifs is 1. The molecule has 0 saturated heterocycles. The summed E-state index contributed by atoms with van der Waals surface area (Å²) in [7, 11) is 5.10. The summed E-state index contributed by atoms with van der Waals surface area (Å²) >= 11 is 0. The van der Waals surface area contributed by atoms with Gasteiger partial charge in [-0.15, -0.1) is 34.2 Å². The predicted octanol–water partition coefficient (Wildman–Crippen LogP) is 1.72. The predicted molar refractivity (Wildman–Crippen MR) is 131 cm³/mol. The summed E-state index contributed by atoms with van der Waals surface area (Å²) in [6, 6.07) is 13.7. The van der Waals surface area contributed by atoms with Crippen molar-refractivity contribution in [1.29, 1.82) is 0 Å². The fourth-order valence-electron chi connectivity index (χ4n) is 2.76. The van der Waals surface area contributed by atoms with E-state index in [0.717, 1.165) is 23.6 Å². The molecule has 2 aromatic heterocycles. The van der Waals surface area contributed by atoms with Crippen LogP contribution < -0.4 is 15.4 Å². The molecule has 0 aliphatic heterocycles. The van der Waals surface area contributed by atoms with Crippen LogP contribution in [-0.2, 0) is 17.8 Å². The monoisotopic (exact) mass is 537 g/mol. The van der Waals surface area contributed by atoms with E-state index in [9.17, 15) is 4.79 Å². The van der Waals surface area contributed by atoms with Crippen LogP contribution in [0.1, 0.15) is 11.4 Å². The van der Waals surface area contributed by atoms with Gasteiger partial charge in [0.25, 0.3) is 0 Å². The molecule has 0 bridgehead atoms. The maximum absolute atomic E-state index is 12.0. The summed E-state index contributed by atoms with van der Waals surface area (Å²) in [5.74, 6) is 2.07. The zero-order valence-corrected chi connectivity index (χ0v) is 20.2. The highest BCUT2D eigenvalue weighted by Crippen LogP contribution is 2.11. The Morgan fingerprint density at radius 2 is 1.90 bits per heavy atom. The molecule has 0 unspecified atom stereocenters. The number of halogens is 1. The lowest BCUT2D eigenvalue weighted by molar-refractivity contribution is -0.127. The number of ether oxygens (including phenoxy) is 1. The number of likely N-dealkylation sites (N-methyl/N-ethyl adjacent to an activating group) is 1. The Hall–Kier alpha value is -2.89. The molecule has 0 aliphatic rings. The van der Waals surface area contributed by atoms with E-state index in [4.69, 9.17) is 4.74 Å². The van der Waals surface area contributed by atoms with Crippen LogP contribution in [0.15, 0.2) is 53.7 Å². The molecule has 10 heteroatoms. The van der Waals surface area contributed by atoms with Crippen LogP contribution in [0.3, 0.4) is 0 Å². The third kappa shape index (κ3) is 7.09. The van der Waals surface area contributed by atoms with E-state index in [1.807, 2.05) is 53.1 Å². The molecule has 1 amide bonds. The van der Waals surface area contributed by atoms with Crippen LogP contribution in [0.2, 0.25) is 0 Å². The fourth-order valence-corrected chi connectivity index (χ4v) is 2.76. The summed E-state index contributed by atoms with van der Waals surface area (Å²) in [4.78, 5) is 18.1. The van der Waals surface area contributed by atoms with E-state index >= 15 is 0 Å². The minimum atomic E-state index is -0.0346. The highest BCUT2D eigenvalue weighted by molar-refractivity contribution is 14.0. The highest BCUT2D eigenvalue weighted by Gasteiger charge is 2.08. The molecule has 9 nitrogen and oxygen atoms in total. The number of benzene rings is 1. The Labute approximate surface area is 198 Å². The number of hydrogen-bond donors (Lipinski definition) is 2. The largest absolute Gasteiger partial charge is 0.497 e. The van der Waals surface area contributed by atoms with Gasteiger partial charge in [-0.1, -0.05) is 18.2 Å². The number of nitrogens with zero attached hydrogens (tertiary/aromatic N) is 5. The van der Waals surface area contributed by atoms with E-state index in [1.165, 1.54) is 10.5 Å². The summed E-state index contributed by atoms with van der Waals surface area (Å²) in [5.41, 5.74) is 1.95. The van der Waals surface area contributed by atoms with Crippen LogP contribution in [0.4, 0.5) is 0 Å². The fraction of sp³-hybridized carbons (Fsp3) is 0.333. The number of methoxy groups -OCH3 is 1. The molecular weight excluding hydrogens is 509 g/mol. The van der Waals surface area contributed by atoms with Gasteiger partial charge in [0.1, 0.15) is 12.3 Å². The van der Waals surface area contributed by atoms with Crippen molar-refractivity contribution < 1.29 is 9.53 Å². The van der Waals surface area contributed by atoms with Crippen molar-refractivity contribution in [2.45, 2.75) is 13.0 Å². The van der Waals surface area contributed by atoms with Gasteiger partial charge < -0.3 is 20.3 Å². The lowest BCUT2D eigenvalue weighted by atomic mass is 10.1. The topological polar surface area (TPSA) is 96.1 Å². The zero-order chi connectivity index (χ0) is 21.3. The smallest absolute Gasteiger partial charge is 0.241 e. The van der Waals surface area contributed by atoms with Crippen molar-refractivity contribution in [1.82, 2.24) is 30.1 Å². The van der Waals surface area contributed by atoms with E-state index in [2.05, 4.69) is 25.8 Å². The lowest BCUT2D eigenvalue weighted by Gasteiger charge is -2.15. The second kappa shape index (κ2) is 12.1. The standard InChI is InChI=1S/C21H27N7O2.HI/c1-27(2)20(29)15-24-21(22-12-11-16-7-9-17(30-3)10-8-16)23-14-19-26-25-18-6-4-5-13-28(18)19;/h4-10,13H,11-12,14-15H2,1-3H3,(H2,22,23,24);1H. The lowest BCUT2D eigenvalue weighted by Crippen LogP contribution is -2.43. The molecule has 2 N–H and O–H groups in total. The Morgan fingerprint density at radius 1 is 1.13 bits per heavy atom. The molecule has 0 radical (unpaired) electrons. The van der Waals surface area contributed by atoms with E-state index in [-0.39, 0.29) is 36.4 Å². The number of aliphatic imine (C=N–C) groups is 1. The second-order valence-corrected chi connectivity index (χ2v) is 6.88. The Kier molecular flexibility index (Phi) is 9.50. The molecule has 3 rings (SSSR count). The first-order valence-electron chi connectivity index (χ1n) is 9.70. The molecule has 0 fully saturated rings. The van der Waals surface area contributed by atoms with E-state index < -0.39 is 0 Å². The first-order chi connectivity index (χ1) is 14.6. The summed E-state index contributed by atoms with van der Waals surface area (Å²) in [5, 5.41) is 14.7. The first kappa shape index (κ1) is 24.4. The van der Waals surface area contributed by atoms with Gasteiger partial charge in [0.2, 0.25) is 5.91 Å². The van der Waals surface area contributed by atoms with E-state index in [1.54, 1.807) is 21.2 Å². The van der Waals surface area contributed by atoms with Crippen LogP contribution in [0.25, 0.3) is 5.65 Å². The molecule has 3 aromatic rings. The molecule has 0 saturated carbocycles. The number of nitrogens with one attached hydrogen (secondary N) is 2. The Balaban J connectivity index is 0.00000341. The molecule has 0 spiro atoms. The molecule has 31 heavy (non-hydrogen) atoms. The van der Waals surface area contributed by atoms with Crippen molar-refractivity contribution in [2.75, 3.05) is 34.3 Å². The van der Waals surface area contributed by atoms with Crippen molar-refractivity contribution in [3.63, 3.8) is 0 Å². The first-order valence-corrected chi connectivity index (χ1v) is 9.70. The quantitative estimate of drug-likeness (QED) is 0.258. The average molecular weight is 537 g/mol. The molecule has 0 atom stereocenters. The van der Waals surface area contributed by atoms with Crippen LogP contribution in [0, 0.1) is 0 Å². The summed E-state index contributed by atoms with van der Waals surface area (Å²) in [6.07, 6.45) is 2.71. The van der Waals surface area contributed by atoms with Crippen LogP contribution >= 0.6 is 24.0 Å². The zero-order valence-electron chi connectivity index (χ0n) is 17.9. The van der Waals surface area contributed by atoms with Gasteiger partial charge in [-0.3, -0.25) is 9.20 Å². The molecular formula is C21H28IN7O2. The van der Waals surface area contributed by atoms with Gasteiger partial charge in [0.05, 0.1) is 13.7 Å². The Morgan fingerprint density at radius 3 is 2.61 bits per heavy atom. The van der Waals surface area contributed by atoms with Crippen LogP contribution in [-0.4, -0.2) is 65.7 Å². The number of aromatic nitrogens is 3. The number of guanidine groups is 1. The van der Waals surface area contributed by atoms with Gasteiger partial charge >= 0.3 is 0 Å². The molecule has 2 heterocycles. The number of carbonyl (C=O) groups excluding carboxylic acids is 1. The summed E-state index contributed by atoms with van der Waals surface area (Å²) in [6.45, 7) is 1.15. The van der Waals surface area contributed by atoms with Gasteiger partial charge in [-0.2, -0.15) is 0 Å². The Bertz CT molecular complexity index is 1000. The van der Waals surface area contributed by atoms with Gasteiger partial charge in [-0.25, -0.2) is 4.99 Å². The molecule has 1 aromatic carbocycles. The highest BCUT2D eigenvalue weighted by atomic mass is 127. The van der Waals surface area contributed by atoms with Crippen molar-refractivity contribution >= 4 is 41.5 Å². The van der Waals surface area contributed by atoms with Crippen molar-refractivity contribution in [3.8, 4) is 5.75 Å². The number of pyridine rings is 1. The van der Waals surface area contributed by atoms with Crippen molar-refractivity contribution in [2.24, 2.45) is 4.99 Å². The molecule has 0 aliphatic carbocycles. The number of hydrogen-bond acceptors (Lipinski definition) is 5. The van der Waals surface area contributed by atoms with Crippen molar-refractivity contribution in [3.05, 3.63) is 60.0 Å². The third-order valence-corrected chi connectivity index (χ3v) is 4.53. The second-order valence-electron chi connectivity index (χ2n) is 6.88. The van der Waals surface area contributed by atoms with Gasteiger partial charge in [0, 0.05) is 26.8 Å². The third-order valence-electron chi connectivity index (χ3n) is 4.53. The number of rotatable bonds is 8. The maximum atomic E-state index is 12.0. The normalized spacial score (nSPS) is 11.0. The molecule has 166 valence electrons. The summed E-state index contributed by atoms with van der Waals surface area (Å²) < 4.78 is 7.08. The van der Waals surface area contributed by atoms with Crippen LogP contribution in [0.5, 0.6) is 5.75 Å².